The molecule has 11 heteroatoms. The lowest BCUT2D eigenvalue weighted by Gasteiger charge is -2.31. The number of thiazole rings is 1. The topological polar surface area (TPSA) is 117 Å². The molecule has 0 atom stereocenters. The van der Waals surface area contributed by atoms with Crippen LogP contribution in [-0.2, 0) is 9.59 Å². The third-order valence-electron chi connectivity index (χ3n) is 5.33. The number of hydrogen-bond acceptors (Lipinski definition) is 7. The summed E-state index contributed by atoms with van der Waals surface area (Å²) < 4.78 is 14.5. The van der Waals surface area contributed by atoms with E-state index in [0.717, 1.165) is 59.5 Å². The molecule has 0 spiro atoms. The maximum atomic E-state index is 13.4. The first kappa shape index (κ1) is 21.6. The second-order valence-electron chi connectivity index (χ2n) is 7.48. The lowest BCUT2D eigenvalue weighted by atomic mass is 9.97. The summed E-state index contributed by atoms with van der Waals surface area (Å²) in [6.45, 7) is 1.97. The van der Waals surface area contributed by atoms with Gasteiger partial charge >= 0.3 is 17.5 Å². The highest BCUT2D eigenvalue weighted by molar-refractivity contribution is 7.22. The number of carbonyl (C=O) groups is 2. The van der Waals surface area contributed by atoms with Crippen molar-refractivity contribution < 1.29 is 18.9 Å². The molecule has 32 heavy (non-hydrogen) atoms. The number of para-hydroxylation sites is 1. The van der Waals surface area contributed by atoms with Gasteiger partial charge in [-0.3, -0.25) is 19.7 Å². The molecule has 2 amide bonds. The van der Waals surface area contributed by atoms with Crippen LogP contribution in [-0.4, -0.2) is 41.4 Å². The van der Waals surface area contributed by atoms with Crippen molar-refractivity contribution in [3.8, 4) is 0 Å². The first-order valence-electron chi connectivity index (χ1n) is 10.0. The van der Waals surface area contributed by atoms with Crippen LogP contribution in [0.2, 0.25) is 0 Å². The SMILES string of the molecule is O=C(NCC1CCN(c2nc3ccccc3s2)CC1)C(=O)Nc1ccc(F)c([N+](=O)[O-])c1. The number of amides is 2. The minimum atomic E-state index is -1.02. The van der Waals surface area contributed by atoms with Gasteiger partial charge in [0.25, 0.3) is 0 Å². The fraction of sp³-hybridized carbons (Fsp3) is 0.286. The molecule has 0 saturated carbocycles. The summed E-state index contributed by atoms with van der Waals surface area (Å²) in [6, 6.07) is 10.9. The Morgan fingerprint density at radius 1 is 1.19 bits per heavy atom. The van der Waals surface area contributed by atoms with Gasteiger partial charge in [0.15, 0.2) is 5.13 Å². The number of piperidine rings is 1. The molecule has 0 bridgehead atoms. The summed E-state index contributed by atoms with van der Waals surface area (Å²) in [6.07, 6.45) is 1.70. The van der Waals surface area contributed by atoms with E-state index in [4.69, 9.17) is 0 Å². The molecule has 2 N–H and O–H groups in total. The number of aromatic nitrogens is 1. The zero-order valence-electron chi connectivity index (χ0n) is 16.9. The standard InChI is InChI=1S/C21H20FN5O4S/c22-15-6-5-14(11-17(15)27(30)31)24-20(29)19(28)23-12-13-7-9-26(10-8-13)21-25-16-3-1-2-4-18(16)32-21/h1-6,11,13H,7-10,12H2,(H,23,28)(H,24,29). The minimum absolute atomic E-state index is 0.0256. The average Bonchev–Trinajstić information content (AvgIpc) is 3.23. The third kappa shape index (κ3) is 4.83. The molecule has 3 aromatic rings. The molecule has 166 valence electrons. The number of carbonyl (C=O) groups excluding carboxylic acids is 2. The van der Waals surface area contributed by atoms with Gasteiger partial charge in [-0.05, 0) is 43.0 Å². The van der Waals surface area contributed by atoms with Gasteiger partial charge in [-0.25, -0.2) is 4.98 Å². The molecule has 0 aliphatic carbocycles. The van der Waals surface area contributed by atoms with Crippen molar-refractivity contribution in [1.29, 1.82) is 0 Å². The van der Waals surface area contributed by atoms with Crippen LogP contribution in [0.3, 0.4) is 0 Å². The largest absolute Gasteiger partial charge is 0.348 e. The summed E-state index contributed by atoms with van der Waals surface area (Å²) >= 11 is 1.66. The Morgan fingerprint density at radius 3 is 2.66 bits per heavy atom. The average molecular weight is 457 g/mol. The van der Waals surface area contributed by atoms with E-state index in [0.29, 0.717) is 6.54 Å². The predicted molar refractivity (Wildman–Crippen MR) is 119 cm³/mol. The van der Waals surface area contributed by atoms with Gasteiger partial charge in [-0.15, -0.1) is 0 Å². The second kappa shape index (κ2) is 9.27. The number of nitrogens with zero attached hydrogens (tertiary/aromatic N) is 3. The van der Waals surface area contributed by atoms with Gasteiger partial charge in [0.05, 0.1) is 15.1 Å². The van der Waals surface area contributed by atoms with Crippen molar-refractivity contribution >= 4 is 49.9 Å². The number of nitro groups is 1. The quantitative estimate of drug-likeness (QED) is 0.345. The maximum Gasteiger partial charge on any atom is 0.313 e. The van der Waals surface area contributed by atoms with Crippen molar-refractivity contribution in [2.45, 2.75) is 12.8 Å². The number of nitrogens with one attached hydrogen (secondary N) is 2. The number of fused-ring (bicyclic) bond motifs is 1. The first-order chi connectivity index (χ1) is 15.4. The van der Waals surface area contributed by atoms with E-state index in [1.165, 1.54) is 0 Å². The lowest BCUT2D eigenvalue weighted by Crippen LogP contribution is -2.41. The smallest absolute Gasteiger partial charge is 0.313 e. The summed E-state index contributed by atoms with van der Waals surface area (Å²) in [5, 5.41) is 16.6. The normalized spacial score (nSPS) is 14.3. The first-order valence-corrected chi connectivity index (χ1v) is 10.9. The molecular weight excluding hydrogens is 437 g/mol. The van der Waals surface area contributed by atoms with E-state index >= 15 is 0 Å². The van der Waals surface area contributed by atoms with Gasteiger partial charge < -0.3 is 15.5 Å². The summed E-state index contributed by atoms with van der Waals surface area (Å²) in [5.41, 5.74) is 0.185. The molecule has 9 nitrogen and oxygen atoms in total. The fourth-order valence-corrected chi connectivity index (χ4v) is 4.58. The van der Waals surface area contributed by atoms with Gasteiger partial charge in [-0.2, -0.15) is 4.39 Å². The van der Waals surface area contributed by atoms with Crippen molar-refractivity contribution in [2.75, 3.05) is 29.9 Å². The Labute approximate surface area is 186 Å². The Morgan fingerprint density at radius 2 is 1.94 bits per heavy atom. The van der Waals surface area contributed by atoms with Crippen LogP contribution in [0, 0.1) is 21.8 Å². The number of rotatable bonds is 5. The number of nitro benzene ring substituents is 1. The Hall–Kier alpha value is -3.60. The fourth-order valence-electron chi connectivity index (χ4n) is 3.56. The number of halogens is 1. The van der Waals surface area contributed by atoms with Crippen molar-refractivity contribution in [2.24, 2.45) is 5.92 Å². The molecule has 1 aromatic heterocycles. The van der Waals surface area contributed by atoms with Crippen molar-refractivity contribution in [3.05, 3.63) is 58.4 Å². The minimum Gasteiger partial charge on any atom is -0.348 e. The van der Waals surface area contributed by atoms with Crippen LogP contribution >= 0.6 is 11.3 Å². The van der Waals surface area contributed by atoms with E-state index in [-0.39, 0.29) is 11.6 Å². The monoisotopic (exact) mass is 457 g/mol. The molecule has 2 heterocycles. The Balaban J connectivity index is 1.25. The van der Waals surface area contributed by atoms with Crippen LogP contribution < -0.4 is 15.5 Å². The molecule has 4 rings (SSSR count). The summed E-state index contributed by atoms with van der Waals surface area (Å²) in [5.74, 6) is -2.60. The van der Waals surface area contributed by atoms with Gasteiger partial charge in [0.1, 0.15) is 0 Å². The van der Waals surface area contributed by atoms with E-state index < -0.39 is 28.2 Å². The number of benzene rings is 2. The highest BCUT2D eigenvalue weighted by Crippen LogP contribution is 2.31. The number of anilines is 2. The van der Waals surface area contributed by atoms with E-state index in [1.807, 2.05) is 24.3 Å². The molecule has 1 fully saturated rings. The molecule has 2 aromatic carbocycles. The van der Waals surface area contributed by atoms with Gasteiger partial charge in [0, 0.05) is 31.4 Å². The molecule has 1 saturated heterocycles. The van der Waals surface area contributed by atoms with Crippen LogP contribution in [0.5, 0.6) is 0 Å². The van der Waals surface area contributed by atoms with Crippen molar-refractivity contribution in [3.63, 3.8) is 0 Å². The lowest BCUT2D eigenvalue weighted by molar-refractivity contribution is -0.387. The summed E-state index contributed by atoms with van der Waals surface area (Å²) in [7, 11) is 0. The molecule has 0 unspecified atom stereocenters. The number of hydrogen-bond donors (Lipinski definition) is 2. The molecule has 1 aliphatic heterocycles. The molecular formula is C21H20FN5O4S. The van der Waals surface area contributed by atoms with Crippen molar-refractivity contribution in [1.82, 2.24) is 10.3 Å². The molecule has 0 radical (unpaired) electrons. The molecule has 1 aliphatic rings. The van der Waals surface area contributed by atoms with E-state index in [9.17, 15) is 24.1 Å². The predicted octanol–water partition coefficient (Wildman–Crippen LogP) is 3.31. The van der Waals surface area contributed by atoms with Gasteiger partial charge in [0.2, 0.25) is 5.82 Å². The zero-order valence-corrected chi connectivity index (χ0v) is 17.7. The highest BCUT2D eigenvalue weighted by Gasteiger charge is 2.23. The Bertz CT molecular complexity index is 1140. The highest BCUT2D eigenvalue weighted by atomic mass is 32.1. The third-order valence-corrected chi connectivity index (χ3v) is 6.42. The summed E-state index contributed by atoms with van der Waals surface area (Å²) in [4.78, 5) is 41.0. The van der Waals surface area contributed by atoms with Crippen LogP contribution in [0.15, 0.2) is 42.5 Å². The van der Waals surface area contributed by atoms with E-state index in [2.05, 4.69) is 20.5 Å². The van der Waals surface area contributed by atoms with Crippen LogP contribution in [0.25, 0.3) is 10.2 Å². The van der Waals surface area contributed by atoms with Gasteiger partial charge in [-0.1, -0.05) is 23.5 Å². The maximum absolute atomic E-state index is 13.4. The second-order valence-corrected chi connectivity index (χ2v) is 8.49. The Kier molecular flexibility index (Phi) is 6.26. The van der Waals surface area contributed by atoms with Crippen LogP contribution in [0.1, 0.15) is 12.8 Å². The van der Waals surface area contributed by atoms with Crippen LogP contribution in [0.4, 0.5) is 20.9 Å². The van der Waals surface area contributed by atoms with E-state index in [1.54, 1.807) is 11.3 Å². The zero-order chi connectivity index (χ0) is 22.7.